The fraction of sp³-hybridized carbons (Fsp3) is 0.800. The predicted molar refractivity (Wildman–Crippen MR) is 36.4 cm³/mol. The molecule has 54 valence electrons. The van der Waals surface area contributed by atoms with E-state index in [1.807, 2.05) is 0 Å². The molecule has 1 N–H and O–H groups in total. The highest BCUT2D eigenvalue weighted by Crippen LogP contribution is 2.05. The number of aliphatic hydroxyl groups excluding tert-OH is 1. The predicted octanol–water partition coefficient (Wildman–Crippen LogP) is 0.305. The number of hydrogen-bond acceptors (Lipinski definition) is 3. The van der Waals surface area contributed by atoms with E-state index in [9.17, 15) is 4.79 Å². The van der Waals surface area contributed by atoms with E-state index in [-0.39, 0.29) is 17.4 Å². The number of alkyl halides is 1. The number of carbonyl (C=O) groups is 1. The Hall–Kier alpha value is -0.0900. The van der Waals surface area contributed by atoms with Crippen molar-refractivity contribution in [2.45, 2.75) is 11.2 Å². The normalized spacial score (nSPS) is 12.8. The van der Waals surface area contributed by atoms with Crippen LogP contribution in [0, 0.1) is 0 Å². The van der Waals surface area contributed by atoms with Crippen molar-refractivity contribution >= 4 is 21.9 Å². The van der Waals surface area contributed by atoms with Crippen molar-refractivity contribution in [3.63, 3.8) is 0 Å². The molecule has 0 aliphatic carbocycles. The van der Waals surface area contributed by atoms with E-state index in [4.69, 9.17) is 5.11 Å². The minimum atomic E-state index is -0.368. The summed E-state index contributed by atoms with van der Waals surface area (Å²) >= 11 is 3.03. The van der Waals surface area contributed by atoms with Gasteiger partial charge < -0.3 is 9.84 Å². The first-order valence-electron chi connectivity index (χ1n) is 2.55. The van der Waals surface area contributed by atoms with Gasteiger partial charge in [0.15, 0.2) is 0 Å². The van der Waals surface area contributed by atoms with Gasteiger partial charge in [-0.3, -0.25) is 4.79 Å². The van der Waals surface area contributed by atoms with E-state index in [0.717, 1.165) is 0 Å². The van der Waals surface area contributed by atoms with Crippen molar-refractivity contribution in [1.82, 2.24) is 0 Å². The van der Waals surface area contributed by atoms with Crippen molar-refractivity contribution in [3.05, 3.63) is 0 Å². The van der Waals surface area contributed by atoms with Crippen LogP contribution in [0.4, 0.5) is 0 Å². The maximum Gasteiger partial charge on any atom is 0.319 e. The third-order valence-electron chi connectivity index (χ3n) is 0.839. The van der Waals surface area contributed by atoms with E-state index in [1.165, 1.54) is 7.11 Å². The number of ether oxygens (including phenoxy) is 1. The molecule has 0 aromatic carbocycles. The van der Waals surface area contributed by atoms with Crippen LogP contribution in [0.3, 0.4) is 0 Å². The van der Waals surface area contributed by atoms with Gasteiger partial charge in [0.05, 0.1) is 7.11 Å². The topological polar surface area (TPSA) is 46.5 Å². The smallest absolute Gasteiger partial charge is 0.319 e. The van der Waals surface area contributed by atoms with Crippen molar-refractivity contribution in [2.24, 2.45) is 0 Å². The monoisotopic (exact) mass is 196 g/mol. The molecule has 0 rings (SSSR count). The number of hydrogen-bond donors (Lipinski definition) is 1. The summed E-state index contributed by atoms with van der Waals surface area (Å²) < 4.78 is 4.37. The van der Waals surface area contributed by atoms with Crippen LogP contribution in [0.5, 0.6) is 0 Å². The maximum absolute atomic E-state index is 10.5. The molecule has 0 heterocycles. The summed E-state index contributed by atoms with van der Waals surface area (Å²) in [5, 5.41) is 8.34. The number of aliphatic hydroxyl groups is 1. The zero-order valence-corrected chi connectivity index (χ0v) is 6.72. The fourth-order valence-electron chi connectivity index (χ4n) is 0.359. The van der Waals surface area contributed by atoms with Crippen LogP contribution in [0.15, 0.2) is 0 Å². The quantitative estimate of drug-likeness (QED) is 0.523. The summed E-state index contributed by atoms with van der Waals surface area (Å²) in [6, 6.07) is 0. The second-order valence-corrected chi connectivity index (χ2v) is 2.61. The Morgan fingerprint density at radius 2 is 2.44 bits per heavy atom. The summed E-state index contributed by atoms with van der Waals surface area (Å²) in [7, 11) is 1.31. The number of rotatable bonds is 3. The Bertz CT molecular complexity index is 94.2. The molecule has 0 aliphatic rings. The maximum atomic E-state index is 10.5. The zero-order valence-electron chi connectivity index (χ0n) is 5.13. The molecule has 0 aromatic heterocycles. The summed E-state index contributed by atoms with van der Waals surface area (Å²) in [6.45, 7) is -0.00891. The highest BCUT2D eigenvalue weighted by molar-refractivity contribution is 9.10. The highest BCUT2D eigenvalue weighted by Gasteiger charge is 2.12. The third-order valence-corrected chi connectivity index (χ3v) is 1.67. The van der Waals surface area contributed by atoms with Crippen molar-refractivity contribution in [3.8, 4) is 0 Å². The van der Waals surface area contributed by atoms with E-state index >= 15 is 0 Å². The molecule has 0 bridgehead atoms. The van der Waals surface area contributed by atoms with Gasteiger partial charge in [0, 0.05) is 6.61 Å². The molecule has 0 saturated carbocycles. The molecule has 0 saturated heterocycles. The van der Waals surface area contributed by atoms with Crippen LogP contribution in [0.2, 0.25) is 0 Å². The molecule has 4 heteroatoms. The largest absolute Gasteiger partial charge is 0.468 e. The molecular weight excluding hydrogens is 188 g/mol. The Labute approximate surface area is 62.1 Å². The molecule has 0 fully saturated rings. The molecule has 0 spiro atoms. The van der Waals surface area contributed by atoms with Gasteiger partial charge in [-0.15, -0.1) is 0 Å². The van der Waals surface area contributed by atoms with E-state index in [1.54, 1.807) is 0 Å². The molecular formula is C5H9BrO3. The van der Waals surface area contributed by atoms with Crippen molar-refractivity contribution < 1.29 is 14.6 Å². The lowest BCUT2D eigenvalue weighted by Crippen LogP contribution is -2.16. The number of methoxy groups -OCH3 is 1. The van der Waals surface area contributed by atoms with Crippen LogP contribution < -0.4 is 0 Å². The lowest BCUT2D eigenvalue weighted by Gasteiger charge is -2.02. The average Bonchev–Trinajstić information content (AvgIpc) is 1.87. The second kappa shape index (κ2) is 4.76. The number of carbonyl (C=O) groups excluding carboxylic acids is 1. The first-order valence-corrected chi connectivity index (χ1v) is 3.46. The summed E-state index contributed by atoms with van der Waals surface area (Å²) in [6.07, 6.45) is 0.396. The first-order chi connectivity index (χ1) is 4.22. The lowest BCUT2D eigenvalue weighted by atomic mass is 10.3. The van der Waals surface area contributed by atoms with Gasteiger partial charge in [-0.2, -0.15) is 0 Å². The Morgan fingerprint density at radius 3 is 2.78 bits per heavy atom. The molecule has 0 amide bonds. The average molecular weight is 197 g/mol. The lowest BCUT2D eigenvalue weighted by molar-refractivity contribution is -0.140. The Balaban J connectivity index is 3.45. The molecule has 3 nitrogen and oxygen atoms in total. The Morgan fingerprint density at radius 1 is 1.89 bits per heavy atom. The van der Waals surface area contributed by atoms with Gasteiger partial charge >= 0.3 is 5.97 Å². The summed E-state index contributed by atoms with van der Waals surface area (Å²) in [4.78, 5) is 10.2. The first kappa shape index (κ1) is 8.91. The molecule has 1 atom stereocenters. The van der Waals surface area contributed by atoms with E-state index < -0.39 is 0 Å². The highest BCUT2D eigenvalue weighted by atomic mass is 79.9. The zero-order chi connectivity index (χ0) is 7.28. The molecule has 1 unspecified atom stereocenters. The standard InChI is InChI=1S/C5H9BrO3/c1-9-5(8)4(6)2-3-7/h4,7H,2-3H2,1H3. The fourth-order valence-corrected chi connectivity index (χ4v) is 0.751. The molecule has 0 radical (unpaired) electrons. The molecule has 0 aliphatic heterocycles. The van der Waals surface area contributed by atoms with Crippen molar-refractivity contribution in [1.29, 1.82) is 0 Å². The van der Waals surface area contributed by atoms with Gasteiger partial charge in [0.25, 0.3) is 0 Å². The minimum Gasteiger partial charge on any atom is -0.468 e. The van der Waals surface area contributed by atoms with Gasteiger partial charge in [-0.1, -0.05) is 15.9 Å². The van der Waals surface area contributed by atoms with Crippen molar-refractivity contribution in [2.75, 3.05) is 13.7 Å². The van der Waals surface area contributed by atoms with Gasteiger partial charge in [0.1, 0.15) is 4.83 Å². The van der Waals surface area contributed by atoms with Crippen LogP contribution in [-0.2, 0) is 9.53 Å². The second-order valence-electron chi connectivity index (χ2n) is 1.50. The summed E-state index contributed by atoms with van der Waals surface area (Å²) in [5.41, 5.74) is 0. The van der Waals surface area contributed by atoms with Gasteiger partial charge in [-0.05, 0) is 6.42 Å². The van der Waals surface area contributed by atoms with Crippen LogP contribution in [0.1, 0.15) is 6.42 Å². The van der Waals surface area contributed by atoms with E-state index in [0.29, 0.717) is 6.42 Å². The summed E-state index contributed by atoms with van der Waals surface area (Å²) in [5.74, 6) is -0.343. The van der Waals surface area contributed by atoms with Crippen LogP contribution in [-0.4, -0.2) is 29.6 Å². The Kier molecular flexibility index (Phi) is 4.71. The third kappa shape index (κ3) is 3.48. The molecule has 0 aromatic rings. The minimum absolute atomic E-state index is 0.00891. The van der Waals surface area contributed by atoms with Crippen LogP contribution >= 0.6 is 15.9 Å². The number of halogens is 1. The van der Waals surface area contributed by atoms with E-state index in [2.05, 4.69) is 20.7 Å². The molecule has 9 heavy (non-hydrogen) atoms. The van der Waals surface area contributed by atoms with Gasteiger partial charge in [0.2, 0.25) is 0 Å². The SMILES string of the molecule is COC(=O)C(Br)CCO. The number of esters is 1. The van der Waals surface area contributed by atoms with Crippen LogP contribution in [0.25, 0.3) is 0 Å². The van der Waals surface area contributed by atoms with Gasteiger partial charge in [-0.25, -0.2) is 0 Å².